The highest BCUT2D eigenvalue weighted by Gasteiger charge is 2.06. The van der Waals surface area contributed by atoms with Gasteiger partial charge in [0.05, 0.1) is 6.61 Å². The van der Waals surface area contributed by atoms with E-state index in [1.54, 1.807) is 19.0 Å². The van der Waals surface area contributed by atoms with Gasteiger partial charge in [-0.15, -0.1) is 0 Å². The summed E-state index contributed by atoms with van der Waals surface area (Å²) in [5.74, 6) is -0.457. The molecule has 0 rings (SSSR count). The summed E-state index contributed by atoms with van der Waals surface area (Å²) in [6.45, 7) is 3.46. The van der Waals surface area contributed by atoms with Crippen molar-refractivity contribution in [3.63, 3.8) is 0 Å². The predicted octanol–water partition coefficient (Wildman–Crippen LogP) is -0.0143. The molecule has 12 heavy (non-hydrogen) atoms. The number of ether oxygens (including phenoxy) is 1. The lowest BCUT2D eigenvalue weighted by Gasteiger charge is -2.17. The van der Waals surface area contributed by atoms with Crippen molar-refractivity contribution >= 4 is 5.97 Å². The van der Waals surface area contributed by atoms with Crippen LogP contribution in [0, 0.1) is 0 Å². The van der Waals surface area contributed by atoms with E-state index in [1.807, 2.05) is 0 Å². The molecule has 0 heterocycles. The summed E-state index contributed by atoms with van der Waals surface area (Å²) in [7, 11) is 3.50. The molecule has 0 bridgehead atoms. The van der Waals surface area contributed by atoms with Crippen LogP contribution in [-0.4, -0.2) is 42.9 Å². The van der Waals surface area contributed by atoms with Crippen molar-refractivity contribution in [1.82, 2.24) is 4.90 Å². The molecule has 0 aromatic carbocycles. The molecule has 4 nitrogen and oxygen atoms in total. The predicted molar refractivity (Wildman–Crippen MR) is 45.5 cm³/mol. The minimum absolute atomic E-state index is 0.212. The molecule has 4 heteroatoms. The lowest BCUT2D eigenvalue weighted by atomic mass is 10.4. The summed E-state index contributed by atoms with van der Waals surface area (Å²) < 4.78 is 4.67. The van der Waals surface area contributed by atoms with Crippen molar-refractivity contribution < 1.29 is 14.6 Å². The van der Waals surface area contributed by atoms with Crippen molar-refractivity contribution in [3.8, 4) is 0 Å². The summed E-state index contributed by atoms with van der Waals surface area (Å²) >= 11 is 0. The highest BCUT2D eigenvalue weighted by atomic mass is 16.5. The second kappa shape index (κ2) is 5.74. The van der Waals surface area contributed by atoms with E-state index in [0.717, 1.165) is 6.08 Å². The van der Waals surface area contributed by atoms with Gasteiger partial charge in [-0.2, -0.15) is 0 Å². The number of hydrogen-bond acceptors (Lipinski definition) is 4. The van der Waals surface area contributed by atoms with Crippen LogP contribution < -0.4 is 0 Å². The first-order valence-corrected chi connectivity index (χ1v) is 3.71. The summed E-state index contributed by atoms with van der Waals surface area (Å²) in [5, 5.41) is 9.22. The van der Waals surface area contributed by atoms with Crippen LogP contribution in [0.5, 0.6) is 0 Å². The largest absolute Gasteiger partial charge is 0.462 e. The number of carbonyl (C=O) groups excluding carboxylic acids is 1. The Morgan fingerprint density at radius 2 is 2.33 bits per heavy atom. The molecule has 0 fully saturated rings. The monoisotopic (exact) mass is 173 g/mol. The van der Waals surface area contributed by atoms with Crippen molar-refractivity contribution in [2.75, 3.05) is 20.7 Å². The van der Waals surface area contributed by atoms with Gasteiger partial charge in [0, 0.05) is 12.5 Å². The number of hydrogen-bond donors (Lipinski definition) is 1. The Balaban J connectivity index is 3.43. The minimum Gasteiger partial charge on any atom is -0.462 e. The van der Waals surface area contributed by atoms with Crippen LogP contribution in [0.1, 0.15) is 6.42 Å². The summed E-state index contributed by atoms with van der Waals surface area (Å²) in [4.78, 5) is 12.2. The van der Waals surface area contributed by atoms with E-state index < -0.39 is 12.2 Å². The van der Waals surface area contributed by atoms with Gasteiger partial charge >= 0.3 is 5.97 Å². The second-order valence-electron chi connectivity index (χ2n) is 2.60. The zero-order valence-corrected chi connectivity index (χ0v) is 7.49. The number of esters is 1. The third kappa shape index (κ3) is 4.87. The normalized spacial score (nSPS) is 12.7. The molecule has 0 saturated heterocycles. The van der Waals surface area contributed by atoms with E-state index in [4.69, 9.17) is 0 Å². The summed E-state index contributed by atoms with van der Waals surface area (Å²) in [6.07, 6.45) is 0.942. The van der Waals surface area contributed by atoms with E-state index >= 15 is 0 Å². The molecule has 0 amide bonds. The van der Waals surface area contributed by atoms with Crippen LogP contribution in [0.4, 0.5) is 0 Å². The van der Waals surface area contributed by atoms with Crippen LogP contribution in [-0.2, 0) is 9.53 Å². The molecular formula is C8H15NO3. The summed E-state index contributed by atoms with van der Waals surface area (Å²) in [6, 6.07) is 0. The van der Waals surface area contributed by atoms with Crippen LogP contribution in [0.2, 0.25) is 0 Å². The molecule has 0 aromatic heterocycles. The molecule has 70 valence electrons. The Hall–Kier alpha value is -0.870. The molecule has 1 unspecified atom stereocenters. The Kier molecular flexibility index (Phi) is 5.32. The van der Waals surface area contributed by atoms with Crippen molar-refractivity contribution in [3.05, 3.63) is 12.7 Å². The van der Waals surface area contributed by atoms with Crippen molar-refractivity contribution in [1.29, 1.82) is 0 Å². The first-order valence-electron chi connectivity index (χ1n) is 3.71. The molecule has 0 saturated carbocycles. The molecule has 0 aliphatic rings. The number of aliphatic hydroxyl groups excluding tert-OH is 1. The maximum absolute atomic E-state index is 10.5. The third-order valence-corrected chi connectivity index (χ3v) is 1.38. The Bertz CT molecular complexity index is 156. The number of carbonyl (C=O) groups is 1. The van der Waals surface area contributed by atoms with Crippen LogP contribution in [0.25, 0.3) is 0 Å². The first kappa shape index (κ1) is 11.1. The SMILES string of the molecule is C=CC(=O)OCCC(O)N(C)C. The Morgan fingerprint density at radius 3 is 2.75 bits per heavy atom. The Morgan fingerprint density at radius 1 is 1.75 bits per heavy atom. The molecule has 0 radical (unpaired) electrons. The van der Waals surface area contributed by atoms with Gasteiger partial charge in [-0.05, 0) is 14.1 Å². The van der Waals surface area contributed by atoms with E-state index in [0.29, 0.717) is 6.42 Å². The van der Waals surface area contributed by atoms with E-state index in [-0.39, 0.29) is 6.61 Å². The average molecular weight is 173 g/mol. The fourth-order valence-corrected chi connectivity index (χ4v) is 0.582. The summed E-state index contributed by atoms with van der Waals surface area (Å²) in [5.41, 5.74) is 0. The lowest BCUT2D eigenvalue weighted by Crippen LogP contribution is -2.28. The zero-order chi connectivity index (χ0) is 9.56. The molecule has 0 aliphatic heterocycles. The number of rotatable bonds is 5. The second-order valence-corrected chi connectivity index (χ2v) is 2.60. The quantitative estimate of drug-likeness (QED) is 0.361. The first-order chi connectivity index (χ1) is 5.57. The Labute approximate surface area is 72.4 Å². The maximum atomic E-state index is 10.5. The molecule has 0 spiro atoms. The maximum Gasteiger partial charge on any atom is 0.330 e. The lowest BCUT2D eigenvalue weighted by molar-refractivity contribution is -0.139. The molecule has 0 aromatic rings. The van der Waals surface area contributed by atoms with Gasteiger partial charge in [-0.25, -0.2) is 4.79 Å². The highest BCUT2D eigenvalue weighted by molar-refractivity contribution is 5.81. The number of nitrogens with zero attached hydrogens (tertiary/aromatic N) is 1. The van der Waals surface area contributed by atoms with Crippen molar-refractivity contribution in [2.45, 2.75) is 12.6 Å². The van der Waals surface area contributed by atoms with Gasteiger partial charge in [-0.1, -0.05) is 6.58 Å². The van der Waals surface area contributed by atoms with Gasteiger partial charge in [0.25, 0.3) is 0 Å². The van der Waals surface area contributed by atoms with Crippen LogP contribution >= 0.6 is 0 Å². The van der Waals surface area contributed by atoms with E-state index in [9.17, 15) is 9.90 Å². The van der Waals surface area contributed by atoms with Gasteiger partial charge in [-0.3, -0.25) is 4.90 Å². The standard InChI is InChI=1S/C8H15NO3/c1-4-8(11)12-6-5-7(10)9(2)3/h4,7,10H,1,5-6H2,2-3H3. The topological polar surface area (TPSA) is 49.8 Å². The average Bonchev–Trinajstić information content (AvgIpc) is 2.03. The number of aliphatic hydroxyl groups is 1. The van der Waals surface area contributed by atoms with Gasteiger partial charge in [0.2, 0.25) is 0 Å². The highest BCUT2D eigenvalue weighted by Crippen LogP contribution is 1.95. The van der Waals surface area contributed by atoms with E-state index in [1.165, 1.54) is 0 Å². The molecule has 1 N–H and O–H groups in total. The minimum atomic E-state index is -0.567. The van der Waals surface area contributed by atoms with E-state index in [2.05, 4.69) is 11.3 Å². The smallest absolute Gasteiger partial charge is 0.330 e. The van der Waals surface area contributed by atoms with Gasteiger partial charge < -0.3 is 9.84 Å². The zero-order valence-electron chi connectivity index (χ0n) is 7.49. The molecule has 0 aliphatic carbocycles. The van der Waals surface area contributed by atoms with Crippen LogP contribution in [0.3, 0.4) is 0 Å². The third-order valence-electron chi connectivity index (χ3n) is 1.38. The van der Waals surface area contributed by atoms with Crippen molar-refractivity contribution in [2.24, 2.45) is 0 Å². The molecule has 1 atom stereocenters. The van der Waals surface area contributed by atoms with Gasteiger partial charge in [0.1, 0.15) is 6.23 Å². The fourth-order valence-electron chi connectivity index (χ4n) is 0.582. The van der Waals surface area contributed by atoms with Gasteiger partial charge in [0.15, 0.2) is 0 Å². The van der Waals surface area contributed by atoms with Crippen LogP contribution in [0.15, 0.2) is 12.7 Å². The fraction of sp³-hybridized carbons (Fsp3) is 0.625. The molecular weight excluding hydrogens is 158 g/mol.